The molecule has 0 spiro atoms. The molecule has 18 heavy (non-hydrogen) atoms. The molecule has 0 bridgehead atoms. The monoisotopic (exact) mass is 243 g/mol. The van der Waals surface area contributed by atoms with Gasteiger partial charge in [-0.25, -0.2) is 9.97 Å². The Kier molecular flexibility index (Phi) is 2.00. The largest absolute Gasteiger partial charge is 0.506 e. The van der Waals surface area contributed by atoms with Crippen LogP contribution in [0.5, 0.6) is 11.5 Å². The van der Waals surface area contributed by atoms with Gasteiger partial charge in [0, 0.05) is 10.8 Å². The van der Waals surface area contributed by atoms with Gasteiger partial charge in [0.15, 0.2) is 11.4 Å². The number of aromatic hydroxyl groups is 2. The average Bonchev–Trinajstić information content (AvgIpc) is 2.31. The molecule has 3 N–H and O–H groups in total. The molecule has 0 aliphatic heterocycles. The Morgan fingerprint density at radius 3 is 2.56 bits per heavy atom. The number of aromatic nitrogens is 3. The molecule has 6 heteroatoms. The summed E-state index contributed by atoms with van der Waals surface area (Å²) in [6, 6.07) is 4.57. The Morgan fingerprint density at radius 2 is 1.78 bits per heavy atom. The second kappa shape index (κ2) is 3.43. The minimum Gasteiger partial charge on any atom is -0.506 e. The molecular formula is C12H9N3O3. The highest BCUT2D eigenvalue weighted by Crippen LogP contribution is 2.23. The lowest BCUT2D eigenvalue weighted by Gasteiger charge is -2.03. The molecule has 6 nitrogen and oxygen atoms in total. The predicted molar refractivity (Wildman–Crippen MR) is 65.7 cm³/mol. The molecule has 0 fully saturated rings. The van der Waals surface area contributed by atoms with E-state index in [0.717, 1.165) is 0 Å². The fourth-order valence-electron chi connectivity index (χ4n) is 1.79. The minimum atomic E-state index is -0.593. The number of nitrogens with one attached hydrogen (secondary N) is 1. The van der Waals surface area contributed by atoms with Crippen molar-refractivity contribution < 1.29 is 10.2 Å². The first kappa shape index (κ1) is 10.5. The summed E-state index contributed by atoms with van der Waals surface area (Å²) in [5, 5.41) is 20.2. The first-order valence-corrected chi connectivity index (χ1v) is 5.28. The van der Waals surface area contributed by atoms with Crippen LogP contribution in [0.25, 0.3) is 22.1 Å². The van der Waals surface area contributed by atoms with E-state index in [0.29, 0.717) is 27.8 Å². The smallest absolute Gasteiger partial charge is 0.291 e. The molecule has 3 rings (SSSR count). The summed E-state index contributed by atoms with van der Waals surface area (Å²) < 4.78 is 0. The summed E-state index contributed by atoms with van der Waals surface area (Å²) in [6.45, 7) is 1.67. The topological polar surface area (TPSA) is 99.1 Å². The second-order valence-electron chi connectivity index (χ2n) is 4.05. The van der Waals surface area contributed by atoms with Gasteiger partial charge in [-0.05, 0) is 25.1 Å². The molecule has 0 unspecified atom stereocenters. The molecule has 3 heterocycles. The second-order valence-corrected chi connectivity index (χ2v) is 4.05. The Balaban J connectivity index is 2.47. The van der Waals surface area contributed by atoms with E-state index in [4.69, 9.17) is 0 Å². The number of hydrogen-bond donors (Lipinski definition) is 3. The van der Waals surface area contributed by atoms with E-state index in [2.05, 4.69) is 15.0 Å². The van der Waals surface area contributed by atoms with E-state index in [1.54, 1.807) is 19.1 Å². The van der Waals surface area contributed by atoms with Crippen molar-refractivity contribution in [3.8, 4) is 11.5 Å². The van der Waals surface area contributed by atoms with Crippen molar-refractivity contribution in [2.75, 3.05) is 0 Å². The van der Waals surface area contributed by atoms with Crippen LogP contribution in [0.1, 0.15) is 5.69 Å². The van der Waals surface area contributed by atoms with E-state index in [-0.39, 0.29) is 11.5 Å². The summed E-state index contributed by atoms with van der Waals surface area (Å²) in [5.74, 6) is -0.287. The molecule has 0 aliphatic carbocycles. The predicted octanol–water partition coefficient (Wildman–Crippen LogP) is 1.19. The first-order chi connectivity index (χ1) is 8.54. The fourth-order valence-corrected chi connectivity index (χ4v) is 1.79. The summed E-state index contributed by atoms with van der Waals surface area (Å²) in [4.78, 5) is 22.1. The maximum absolute atomic E-state index is 11.3. The zero-order chi connectivity index (χ0) is 12.9. The van der Waals surface area contributed by atoms with Gasteiger partial charge in [0.2, 0.25) is 0 Å². The van der Waals surface area contributed by atoms with E-state index in [9.17, 15) is 15.0 Å². The van der Waals surface area contributed by atoms with Crippen molar-refractivity contribution in [3.63, 3.8) is 0 Å². The molecule has 0 amide bonds. The van der Waals surface area contributed by atoms with Crippen LogP contribution in [-0.4, -0.2) is 25.2 Å². The van der Waals surface area contributed by atoms with Gasteiger partial charge >= 0.3 is 0 Å². The summed E-state index contributed by atoms with van der Waals surface area (Å²) in [6.07, 6.45) is 0. The van der Waals surface area contributed by atoms with Crippen LogP contribution in [0.4, 0.5) is 0 Å². The Morgan fingerprint density at radius 1 is 1.06 bits per heavy atom. The van der Waals surface area contributed by atoms with Crippen LogP contribution in [0.3, 0.4) is 0 Å². The van der Waals surface area contributed by atoms with Gasteiger partial charge in [-0.1, -0.05) is 0 Å². The summed E-state index contributed by atoms with van der Waals surface area (Å²) >= 11 is 0. The first-order valence-electron chi connectivity index (χ1n) is 5.28. The van der Waals surface area contributed by atoms with Crippen LogP contribution >= 0.6 is 0 Å². The quantitative estimate of drug-likeness (QED) is 0.515. The van der Waals surface area contributed by atoms with Crippen LogP contribution in [-0.2, 0) is 0 Å². The van der Waals surface area contributed by atoms with Gasteiger partial charge in [0.25, 0.3) is 5.56 Å². The maximum atomic E-state index is 11.3. The highest BCUT2D eigenvalue weighted by Gasteiger charge is 2.07. The number of H-pyrrole nitrogens is 1. The van der Waals surface area contributed by atoms with E-state index >= 15 is 0 Å². The van der Waals surface area contributed by atoms with E-state index in [1.807, 2.05) is 0 Å². The molecule has 0 radical (unpaired) electrons. The van der Waals surface area contributed by atoms with Crippen molar-refractivity contribution in [2.45, 2.75) is 6.92 Å². The van der Waals surface area contributed by atoms with Gasteiger partial charge in [-0.3, -0.25) is 4.79 Å². The van der Waals surface area contributed by atoms with Crippen LogP contribution in [0, 0.1) is 6.92 Å². The third kappa shape index (κ3) is 1.46. The number of aromatic amines is 1. The molecule has 90 valence electrons. The van der Waals surface area contributed by atoms with Crippen LogP contribution in [0.15, 0.2) is 23.0 Å². The lowest BCUT2D eigenvalue weighted by Crippen LogP contribution is -2.05. The molecule has 0 aliphatic rings. The van der Waals surface area contributed by atoms with E-state index in [1.165, 1.54) is 6.07 Å². The molecular weight excluding hydrogens is 234 g/mol. The highest BCUT2D eigenvalue weighted by atomic mass is 16.3. The van der Waals surface area contributed by atoms with E-state index < -0.39 is 5.56 Å². The van der Waals surface area contributed by atoms with Crippen molar-refractivity contribution in [2.24, 2.45) is 0 Å². The van der Waals surface area contributed by atoms with Gasteiger partial charge in [-0.2, -0.15) is 0 Å². The summed E-state index contributed by atoms with van der Waals surface area (Å²) in [7, 11) is 0. The van der Waals surface area contributed by atoms with Crippen molar-refractivity contribution >= 4 is 22.1 Å². The standard InChI is InChI=1S/C12H9N3O3/c1-5-8(16)3-6-2-7-4-9(17)12(18)15-11(7)14-10(6)13-5/h2-4,16-17H,1H3,(H,13,14,15,18). The van der Waals surface area contributed by atoms with Crippen LogP contribution in [0.2, 0.25) is 0 Å². The number of nitrogens with zero attached hydrogens (tertiary/aromatic N) is 2. The zero-order valence-corrected chi connectivity index (χ0v) is 9.43. The minimum absolute atomic E-state index is 0.0808. The number of pyridine rings is 3. The number of aryl methyl sites for hydroxylation is 1. The van der Waals surface area contributed by atoms with Crippen molar-refractivity contribution in [1.29, 1.82) is 0 Å². The molecule has 3 aromatic heterocycles. The van der Waals surface area contributed by atoms with Gasteiger partial charge in [0.1, 0.15) is 11.4 Å². The Hall–Kier alpha value is -2.63. The number of rotatable bonds is 0. The summed E-state index contributed by atoms with van der Waals surface area (Å²) in [5.41, 5.74) is 0.655. The Bertz CT molecular complexity index is 839. The zero-order valence-electron chi connectivity index (χ0n) is 9.43. The molecule has 3 aromatic rings. The van der Waals surface area contributed by atoms with Crippen molar-refractivity contribution in [3.05, 3.63) is 34.2 Å². The molecule has 0 saturated heterocycles. The third-order valence-corrected chi connectivity index (χ3v) is 2.75. The van der Waals surface area contributed by atoms with Crippen molar-refractivity contribution in [1.82, 2.24) is 15.0 Å². The van der Waals surface area contributed by atoms with Gasteiger partial charge < -0.3 is 15.2 Å². The average molecular weight is 243 g/mol. The Labute approximate surface area is 101 Å². The lowest BCUT2D eigenvalue weighted by atomic mass is 10.2. The molecule has 0 aromatic carbocycles. The normalized spacial score (nSPS) is 11.2. The molecule has 0 saturated carbocycles. The number of hydrogen-bond acceptors (Lipinski definition) is 5. The van der Waals surface area contributed by atoms with Gasteiger partial charge in [0.05, 0.1) is 5.69 Å². The maximum Gasteiger partial charge on any atom is 0.291 e. The fraction of sp³-hybridized carbons (Fsp3) is 0.0833. The van der Waals surface area contributed by atoms with Gasteiger partial charge in [-0.15, -0.1) is 0 Å². The van der Waals surface area contributed by atoms with Crippen LogP contribution < -0.4 is 5.56 Å². The third-order valence-electron chi connectivity index (χ3n) is 2.75. The lowest BCUT2D eigenvalue weighted by molar-refractivity contribution is 0.468. The number of fused-ring (bicyclic) bond motifs is 2. The highest BCUT2D eigenvalue weighted by molar-refractivity contribution is 5.90. The molecule has 0 atom stereocenters. The SMILES string of the molecule is Cc1nc2nc3[nH]c(=O)c(O)cc3cc2cc1O.